The van der Waals surface area contributed by atoms with Crippen molar-refractivity contribution in [3.8, 4) is 11.1 Å². The van der Waals surface area contributed by atoms with Gasteiger partial charge >= 0.3 is 6.09 Å². The minimum Gasteiger partial charge on any atom is -0.448 e. The van der Waals surface area contributed by atoms with Crippen LogP contribution in [0, 0.1) is 0 Å². The smallest absolute Gasteiger partial charge is 0.410 e. The van der Waals surface area contributed by atoms with Crippen LogP contribution in [-0.4, -0.2) is 35.9 Å². The molecule has 1 amide bonds. The van der Waals surface area contributed by atoms with Gasteiger partial charge in [-0.15, -0.1) is 0 Å². The molecular formula is C20H21NO2S. The molecule has 0 spiro atoms. The topological polar surface area (TPSA) is 29.5 Å². The van der Waals surface area contributed by atoms with Crippen molar-refractivity contribution < 1.29 is 9.53 Å². The van der Waals surface area contributed by atoms with Crippen molar-refractivity contribution in [2.24, 2.45) is 0 Å². The van der Waals surface area contributed by atoms with Gasteiger partial charge < -0.3 is 9.64 Å². The van der Waals surface area contributed by atoms with Gasteiger partial charge in [-0.2, -0.15) is 12.6 Å². The average molecular weight is 339 g/mol. The number of thiol groups is 1. The molecule has 2 aliphatic rings. The van der Waals surface area contributed by atoms with Crippen molar-refractivity contribution in [3.05, 3.63) is 59.7 Å². The van der Waals surface area contributed by atoms with Crippen LogP contribution < -0.4 is 0 Å². The molecule has 1 atom stereocenters. The fraction of sp³-hybridized carbons (Fsp3) is 0.350. The van der Waals surface area contributed by atoms with Gasteiger partial charge in [-0.25, -0.2) is 4.79 Å². The quantitative estimate of drug-likeness (QED) is 0.844. The van der Waals surface area contributed by atoms with Crippen LogP contribution in [0.2, 0.25) is 0 Å². The van der Waals surface area contributed by atoms with Crippen LogP contribution in [0.15, 0.2) is 48.5 Å². The summed E-state index contributed by atoms with van der Waals surface area (Å²) >= 11 is 4.35. The molecule has 1 unspecified atom stereocenters. The molecule has 0 saturated carbocycles. The Hall–Kier alpha value is -1.94. The normalized spacial score (nSPS) is 19.2. The number of amides is 1. The van der Waals surface area contributed by atoms with E-state index in [1.807, 2.05) is 4.90 Å². The van der Waals surface area contributed by atoms with Crippen LogP contribution in [0.4, 0.5) is 4.79 Å². The SMILES string of the molecule is O=C(OCC1c2ccccc2-c2ccccc21)N1CCCC1CS. The van der Waals surface area contributed by atoms with Gasteiger partial charge in [0.05, 0.1) is 0 Å². The number of hydrogen-bond donors (Lipinski definition) is 1. The molecule has 0 bridgehead atoms. The molecule has 1 saturated heterocycles. The van der Waals surface area contributed by atoms with Crippen LogP contribution in [-0.2, 0) is 4.74 Å². The first kappa shape index (κ1) is 15.6. The predicted octanol–water partition coefficient (Wildman–Crippen LogP) is 4.33. The largest absolute Gasteiger partial charge is 0.448 e. The number of benzene rings is 2. The lowest BCUT2D eigenvalue weighted by Gasteiger charge is -2.24. The summed E-state index contributed by atoms with van der Waals surface area (Å²) in [4.78, 5) is 14.3. The molecule has 24 heavy (non-hydrogen) atoms. The molecule has 3 nitrogen and oxygen atoms in total. The number of ether oxygens (including phenoxy) is 1. The fourth-order valence-electron chi connectivity index (χ4n) is 3.94. The maximum atomic E-state index is 12.5. The number of nitrogens with zero attached hydrogens (tertiary/aromatic N) is 1. The first-order valence-corrected chi connectivity index (χ1v) is 9.15. The van der Waals surface area contributed by atoms with Crippen LogP contribution in [0.3, 0.4) is 0 Å². The molecule has 4 rings (SSSR count). The molecule has 0 radical (unpaired) electrons. The summed E-state index contributed by atoms with van der Waals surface area (Å²) < 4.78 is 5.71. The van der Waals surface area contributed by atoms with Crippen LogP contribution in [0.5, 0.6) is 0 Å². The summed E-state index contributed by atoms with van der Waals surface area (Å²) in [5.74, 6) is 0.822. The van der Waals surface area contributed by atoms with E-state index in [0.717, 1.165) is 19.4 Å². The zero-order valence-electron chi connectivity index (χ0n) is 13.5. The number of rotatable bonds is 3. The molecule has 0 aromatic heterocycles. The highest BCUT2D eigenvalue weighted by molar-refractivity contribution is 7.80. The number of carbonyl (C=O) groups excluding carboxylic acids is 1. The van der Waals surface area contributed by atoms with Gasteiger partial charge in [-0.3, -0.25) is 0 Å². The first-order chi connectivity index (χ1) is 11.8. The molecule has 124 valence electrons. The molecule has 2 aromatic carbocycles. The second-order valence-electron chi connectivity index (χ2n) is 6.48. The Balaban J connectivity index is 1.54. The molecule has 2 aromatic rings. The summed E-state index contributed by atoms with van der Waals surface area (Å²) in [6.45, 7) is 1.17. The Morgan fingerprint density at radius 3 is 2.33 bits per heavy atom. The number of fused-ring (bicyclic) bond motifs is 3. The Bertz CT molecular complexity index is 715. The van der Waals surface area contributed by atoms with E-state index in [-0.39, 0.29) is 18.1 Å². The van der Waals surface area contributed by atoms with E-state index in [1.165, 1.54) is 22.3 Å². The lowest BCUT2D eigenvalue weighted by molar-refractivity contribution is 0.0985. The van der Waals surface area contributed by atoms with Crippen molar-refractivity contribution in [3.63, 3.8) is 0 Å². The molecular weight excluding hydrogens is 318 g/mol. The van der Waals surface area contributed by atoms with Gasteiger partial charge in [0.2, 0.25) is 0 Å². The monoisotopic (exact) mass is 339 g/mol. The molecule has 1 aliphatic carbocycles. The number of carbonyl (C=O) groups is 1. The van der Waals surface area contributed by atoms with E-state index in [9.17, 15) is 4.79 Å². The van der Waals surface area contributed by atoms with Crippen LogP contribution >= 0.6 is 12.6 Å². The molecule has 1 aliphatic heterocycles. The Kier molecular flexibility index (Phi) is 4.23. The summed E-state index contributed by atoms with van der Waals surface area (Å²) in [5, 5.41) is 0. The highest BCUT2D eigenvalue weighted by atomic mass is 32.1. The van der Waals surface area contributed by atoms with Crippen molar-refractivity contribution in [1.29, 1.82) is 0 Å². The molecule has 4 heteroatoms. The average Bonchev–Trinajstić information content (AvgIpc) is 3.22. The zero-order chi connectivity index (χ0) is 16.5. The van der Waals surface area contributed by atoms with E-state index in [0.29, 0.717) is 12.4 Å². The van der Waals surface area contributed by atoms with Crippen molar-refractivity contribution in [2.45, 2.75) is 24.8 Å². The van der Waals surface area contributed by atoms with E-state index >= 15 is 0 Å². The van der Waals surface area contributed by atoms with Crippen molar-refractivity contribution in [1.82, 2.24) is 4.90 Å². The molecule has 1 heterocycles. The third kappa shape index (κ3) is 2.59. The lowest BCUT2D eigenvalue weighted by Crippen LogP contribution is -2.37. The van der Waals surface area contributed by atoms with E-state index in [1.54, 1.807) is 0 Å². The van der Waals surface area contributed by atoms with Crippen molar-refractivity contribution >= 4 is 18.7 Å². The summed E-state index contributed by atoms with van der Waals surface area (Å²) in [5.41, 5.74) is 5.00. The maximum absolute atomic E-state index is 12.5. The second-order valence-corrected chi connectivity index (χ2v) is 6.84. The molecule has 1 fully saturated rings. The Morgan fingerprint density at radius 1 is 1.08 bits per heavy atom. The van der Waals surface area contributed by atoms with Gasteiger partial charge in [0.1, 0.15) is 6.61 Å². The first-order valence-electron chi connectivity index (χ1n) is 8.52. The predicted molar refractivity (Wildman–Crippen MR) is 98.7 cm³/mol. The van der Waals surface area contributed by atoms with Gasteiger partial charge in [0.25, 0.3) is 0 Å². The van der Waals surface area contributed by atoms with Crippen molar-refractivity contribution in [2.75, 3.05) is 18.9 Å². The van der Waals surface area contributed by atoms with E-state index in [4.69, 9.17) is 4.74 Å². The summed E-state index contributed by atoms with van der Waals surface area (Å²) in [7, 11) is 0. The second kappa shape index (κ2) is 6.52. The highest BCUT2D eigenvalue weighted by Gasteiger charge is 2.32. The highest BCUT2D eigenvalue weighted by Crippen LogP contribution is 2.44. The summed E-state index contributed by atoms with van der Waals surface area (Å²) in [6.07, 6.45) is 1.86. The Labute approximate surface area is 148 Å². The third-order valence-corrected chi connectivity index (χ3v) is 5.58. The molecule has 0 N–H and O–H groups in total. The van der Waals surface area contributed by atoms with E-state index in [2.05, 4.69) is 61.2 Å². The number of hydrogen-bond acceptors (Lipinski definition) is 3. The zero-order valence-corrected chi connectivity index (χ0v) is 14.4. The number of likely N-dealkylation sites (tertiary alicyclic amines) is 1. The van der Waals surface area contributed by atoms with Gasteiger partial charge in [0.15, 0.2) is 0 Å². The summed E-state index contributed by atoms with van der Waals surface area (Å²) in [6, 6.07) is 17.0. The van der Waals surface area contributed by atoms with E-state index < -0.39 is 0 Å². The van der Waals surface area contributed by atoms with Crippen LogP contribution in [0.1, 0.15) is 29.9 Å². The van der Waals surface area contributed by atoms with Crippen LogP contribution in [0.25, 0.3) is 11.1 Å². The minimum atomic E-state index is -0.201. The third-order valence-electron chi connectivity index (χ3n) is 5.16. The minimum absolute atomic E-state index is 0.124. The maximum Gasteiger partial charge on any atom is 0.410 e. The standard InChI is InChI=1S/C20H21NO2S/c22-20(21-11-5-6-14(21)13-24)23-12-19-17-9-3-1-7-15(17)16-8-2-4-10-18(16)19/h1-4,7-10,14,19,24H,5-6,11-13H2. The van der Waals surface area contributed by atoms with Gasteiger partial charge in [0, 0.05) is 24.3 Å². The fourth-order valence-corrected chi connectivity index (χ4v) is 4.32. The Morgan fingerprint density at radius 2 is 1.71 bits per heavy atom. The van der Waals surface area contributed by atoms with Gasteiger partial charge in [-0.05, 0) is 35.1 Å². The lowest BCUT2D eigenvalue weighted by atomic mass is 9.98. The van der Waals surface area contributed by atoms with Gasteiger partial charge in [-0.1, -0.05) is 48.5 Å².